The number of ether oxygens (including phenoxy) is 1. The molecule has 1 aliphatic heterocycles. The molecule has 20 heavy (non-hydrogen) atoms. The largest absolute Gasteiger partial charge is 0.428 e. The first kappa shape index (κ1) is 14.6. The molecule has 110 valence electrons. The molecule has 1 aliphatic carbocycles. The zero-order valence-corrected chi connectivity index (χ0v) is 12.1. The molecule has 3 amide bonds. The van der Waals surface area contributed by atoms with Crippen LogP contribution in [0.3, 0.4) is 0 Å². The molecule has 0 spiro atoms. The van der Waals surface area contributed by atoms with Gasteiger partial charge in [0.05, 0.1) is 0 Å². The number of nitrogens with zero attached hydrogens (tertiary/aromatic N) is 1. The number of carbonyl (C=O) groups is 3. The highest BCUT2D eigenvalue weighted by Crippen LogP contribution is 2.32. The molecular weight excluding hydrogens is 260 g/mol. The molecule has 0 aromatic carbocycles. The van der Waals surface area contributed by atoms with Gasteiger partial charge in [0.15, 0.2) is 6.73 Å². The van der Waals surface area contributed by atoms with Gasteiger partial charge in [-0.05, 0) is 46.5 Å². The van der Waals surface area contributed by atoms with Gasteiger partial charge in [0.1, 0.15) is 0 Å². The Kier molecular flexibility index (Phi) is 3.83. The first-order chi connectivity index (χ1) is 9.29. The normalized spacial score (nSPS) is 19.2. The van der Waals surface area contributed by atoms with Crippen molar-refractivity contribution in [1.82, 2.24) is 10.2 Å². The minimum absolute atomic E-state index is 0.312. The molecule has 6 heteroatoms. The third-order valence-electron chi connectivity index (χ3n) is 3.28. The van der Waals surface area contributed by atoms with Crippen LogP contribution >= 0.6 is 0 Å². The number of nitrogens with one attached hydrogen (secondary N) is 1. The van der Waals surface area contributed by atoms with E-state index in [4.69, 9.17) is 4.74 Å². The first-order valence-corrected chi connectivity index (χ1v) is 6.83. The number of amides is 3. The van der Waals surface area contributed by atoms with Crippen molar-refractivity contribution >= 4 is 17.9 Å². The Morgan fingerprint density at radius 3 is 2.10 bits per heavy atom. The third kappa shape index (κ3) is 3.00. The molecule has 0 saturated heterocycles. The lowest BCUT2D eigenvalue weighted by atomic mass is 9.93. The van der Waals surface area contributed by atoms with Crippen molar-refractivity contribution in [2.24, 2.45) is 0 Å². The van der Waals surface area contributed by atoms with Gasteiger partial charge in [0, 0.05) is 16.7 Å². The van der Waals surface area contributed by atoms with Crippen LogP contribution in [0.1, 0.15) is 46.5 Å². The molecule has 6 nitrogen and oxygen atoms in total. The van der Waals surface area contributed by atoms with Crippen LogP contribution in [0.5, 0.6) is 0 Å². The van der Waals surface area contributed by atoms with Crippen LogP contribution < -0.4 is 5.32 Å². The molecule has 2 aliphatic rings. The van der Waals surface area contributed by atoms with Crippen LogP contribution in [0.15, 0.2) is 11.1 Å². The Morgan fingerprint density at radius 2 is 1.65 bits per heavy atom. The van der Waals surface area contributed by atoms with E-state index in [1.54, 1.807) is 0 Å². The molecule has 0 atom stereocenters. The summed E-state index contributed by atoms with van der Waals surface area (Å²) in [6.45, 7) is 5.13. The number of imide groups is 1. The van der Waals surface area contributed by atoms with E-state index in [9.17, 15) is 14.4 Å². The van der Waals surface area contributed by atoms with Gasteiger partial charge in [-0.3, -0.25) is 9.59 Å². The molecule has 0 radical (unpaired) electrons. The van der Waals surface area contributed by atoms with Crippen molar-refractivity contribution in [2.45, 2.75) is 52.0 Å². The number of alkyl carbamates (subject to hydrolysis) is 1. The summed E-state index contributed by atoms with van der Waals surface area (Å²) in [6, 6.07) is 0. The predicted molar refractivity (Wildman–Crippen MR) is 71.6 cm³/mol. The minimum Gasteiger partial charge on any atom is -0.428 e. The van der Waals surface area contributed by atoms with E-state index >= 15 is 0 Å². The molecule has 0 aromatic heterocycles. The van der Waals surface area contributed by atoms with Crippen molar-refractivity contribution in [3.8, 4) is 0 Å². The van der Waals surface area contributed by atoms with Crippen LogP contribution in [0.25, 0.3) is 0 Å². The topological polar surface area (TPSA) is 75.7 Å². The Balaban J connectivity index is 1.94. The Labute approximate surface area is 118 Å². The van der Waals surface area contributed by atoms with Gasteiger partial charge in [-0.25, -0.2) is 9.69 Å². The second kappa shape index (κ2) is 5.26. The Bertz CT molecular complexity index is 460. The lowest BCUT2D eigenvalue weighted by Crippen LogP contribution is -2.43. The minimum atomic E-state index is -0.636. The zero-order chi connectivity index (χ0) is 14.9. The molecule has 1 N–H and O–H groups in total. The van der Waals surface area contributed by atoms with Gasteiger partial charge in [-0.2, -0.15) is 0 Å². The highest BCUT2D eigenvalue weighted by atomic mass is 16.6. The molecule has 0 aromatic rings. The standard InChI is InChI=1S/C14H20N2O4/c1-14(2,3)15-13(19)20-8-16-11(17)9-6-4-5-7-10(9)12(16)18/h4-8H2,1-3H3,(H,15,19). The summed E-state index contributed by atoms with van der Waals surface area (Å²) in [7, 11) is 0. The molecule has 1 heterocycles. The highest BCUT2D eigenvalue weighted by molar-refractivity contribution is 6.19. The van der Waals surface area contributed by atoms with Gasteiger partial charge in [0.2, 0.25) is 0 Å². The Morgan fingerprint density at radius 1 is 1.15 bits per heavy atom. The van der Waals surface area contributed by atoms with Gasteiger partial charge in [0.25, 0.3) is 11.8 Å². The van der Waals surface area contributed by atoms with Crippen molar-refractivity contribution < 1.29 is 19.1 Å². The van der Waals surface area contributed by atoms with Gasteiger partial charge >= 0.3 is 6.09 Å². The maximum absolute atomic E-state index is 12.1. The van der Waals surface area contributed by atoms with Crippen LogP contribution in [0.2, 0.25) is 0 Å². The average Bonchev–Trinajstić information content (AvgIpc) is 2.59. The molecule has 0 unspecified atom stereocenters. The molecule has 0 saturated carbocycles. The third-order valence-corrected chi connectivity index (χ3v) is 3.28. The summed E-state index contributed by atoms with van der Waals surface area (Å²) in [6.07, 6.45) is 2.51. The van der Waals surface area contributed by atoms with Crippen molar-refractivity contribution in [2.75, 3.05) is 6.73 Å². The molecule has 2 rings (SSSR count). The van der Waals surface area contributed by atoms with Gasteiger partial charge in [-0.1, -0.05) is 0 Å². The second-order valence-electron chi connectivity index (χ2n) is 6.14. The summed E-state index contributed by atoms with van der Waals surface area (Å²) in [5, 5.41) is 2.61. The maximum atomic E-state index is 12.1. The van der Waals surface area contributed by atoms with Crippen LogP contribution in [0, 0.1) is 0 Å². The molecular formula is C14H20N2O4. The maximum Gasteiger partial charge on any atom is 0.409 e. The van der Waals surface area contributed by atoms with E-state index in [1.807, 2.05) is 20.8 Å². The van der Waals surface area contributed by atoms with E-state index in [-0.39, 0.29) is 18.5 Å². The van der Waals surface area contributed by atoms with Crippen LogP contribution in [-0.4, -0.2) is 35.1 Å². The van der Waals surface area contributed by atoms with Gasteiger partial charge < -0.3 is 10.1 Å². The summed E-state index contributed by atoms with van der Waals surface area (Å²) in [4.78, 5) is 36.7. The number of rotatable bonds is 2. The predicted octanol–water partition coefficient (Wildman–Crippen LogP) is 1.71. The fourth-order valence-corrected chi connectivity index (χ4v) is 2.38. The summed E-state index contributed by atoms with van der Waals surface area (Å²) >= 11 is 0. The van der Waals surface area contributed by atoms with Crippen molar-refractivity contribution in [3.05, 3.63) is 11.1 Å². The smallest absolute Gasteiger partial charge is 0.409 e. The van der Waals surface area contributed by atoms with E-state index in [0.29, 0.717) is 24.0 Å². The van der Waals surface area contributed by atoms with Crippen molar-refractivity contribution in [3.63, 3.8) is 0 Å². The molecule has 0 bridgehead atoms. The summed E-state index contributed by atoms with van der Waals surface area (Å²) in [5.41, 5.74) is 0.773. The quantitative estimate of drug-likeness (QED) is 0.781. The lowest BCUT2D eigenvalue weighted by molar-refractivity contribution is -0.141. The highest BCUT2D eigenvalue weighted by Gasteiger charge is 2.39. The second-order valence-corrected chi connectivity index (χ2v) is 6.14. The van der Waals surface area contributed by atoms with Crippen LogP contribution in [-0.2, 0) is 14.3 Å². The van der Waals surface area contributed by atoms with Crippen molar-refractivity contribution in [1.29, 1.82) is 0 Å². The van der Waals surface area contributed by atoms with Crippen LogP contribution in [0.4, 0.5) is 4.79 Å². The van der Waals surface area contributed by atoms with E-state index in [2.05, 4.69) is 5.32 Å². The van der Waals surface area contributed by atoms with E-state index in [0.717, 1.165) is 17.7 Å². The molecule has 0 fully saturated rings. The average molecular weight is 280 g/mol. The van der Waals surface area contributed by atoms with E-state index < -0.39 is 11.6 Å². The lowest BCUT2D eigenvalue weighted by Gasteiger charge is -2.21. The van der Waals surface area contributed by atoms with Gasteiger partial charge in [-0.15, -0.1) is 0 Å². The monoisotopic (exact) mass is 280 g/mol. The number of carbonyl (C=O) groups excluding carboxylic acids is 3. The summed E-state index contributed by atoms with van der Waals surface area (Å²) in [5.74, 6) is -0.624. The summed E-state index contributed by atoms with van der Waals surface area (Å²) < 4.78 is 4.96. The Hall–Kier alpha value is -1.85. The number of hydrogen-bond donors (Lipinski definition) is 1. The zero-order valence-electron chi connectivity index (χ0n) is 12.1. The fourth-order valence-electron chi connectivity index (χ4n) is 2.38. The number of hydrogen-bond acceptors (Lipinski definition) is 4. The SMILES string of the molecule is CC(C)(C)NC(=O)OCN1C(=O)C2=C(CCCC2)C1=O. The van der Waals surface area contributed by atoms with E-state index in [1.165, 1.54) is 0 Å². The fraction of sp³-hybridized carbons (Fsp3) is 0.643. The first-order valence-electron chi connectivity index (χ1n) is 6.83.